The Kier molecular flexibility index (Phi) is 2.61. The largest absolute Gasteiger partial charge is 0.377 e. The first-order chi connectivity index (χ1) is 6.40. The second-order valence-electron chi connectivity index (χ2n) is 3.30. The number of nitrogens with zero attached hydrogens (tertiary/aromatic N) is 1. The summed E-state index contributed by atoms with van der Waals surface area (Å²) in [6, 6.07) is 2.35. The number of hydrogen-bond acceptors (Lipinski definition) is 4. The Morgan fingerprint density at radius 3 is 3.38 bits per heavy atom. The van der Waals surface area contributed by atoms with Gasteiger partial charge in [-0.1, -0.05) is 5.16 Å². The third kappa shape index (κ3) is 1.89. The lowest BCUT2D eigenvalue weighted by Crippen LogP contribution is -2.12. The molecule has 1 aromatic rings. The molecule has 4 nitrogen and oxygen atoms in total. The molecule has 0 saturated carbocycles. The van der Waals surface area contributed by atoms with Gasteiger partial charge in [-0.25, -0.2) is 0 Å². The Morgan fingerprint density at radius 2 is 2.69 bits per heavy atom. The summed E-state index contributed by atoms with van der Waals surface area (Å²) in [7, 11) is 1.65. The molecule has 4 heteroatoms. The lowest BCUT2D eigenvalue weighted by Gasteiger charge is -2.02. The van der Waals surface area contributed by atoms with E-state index in [0.717, 1.165) is 24.4 Å². The second kappa shape index (κ2) is 3.89. The maximum Gasteiger partial charge on any atom is 0.162 e. The molecule has 1 saturated heterocycles. The maximum atomic E-state index is 5.10. The van der Waals surface area contributed by atoms with Gasteiger partial charge in [0.15, 0.2) is 5.76 Å². The standard InChI is InChI=1S/C9H14N2O2/c1-12-6-7-5-9(11-13-7)8-3-2-4-10-8/h5,8,10H,2-4,6H2,1H3. The summed E-state index contributed by atoms with van der Waals surface area (Å²) in [5, 5.41) is 7.36. The van der Waals surface area contributed by atoms with Crippen LogP contribution in [0.15, 0.2) is 10.6 Å². The van der Waals surface area contributed by atoms with Crippen molar-refractivity contribution in [2.75, 3.05) is 13.7 Å². The maximum absolute atomic E-state index is 5.10. The second-order valence-corrected chi connectivity index (χ2v) is 3.30. The van der Waals surface area contributed by atoms with Crippen LogP contribution in [0.2, 0.25) is 0 Å². The van der Waals surface area contributed by atoms with Gasteiger partial charge in [0.25, 0.3) is 0 Å². The van der Waals surface area contributed by atoms with Gasteiger partial charge in [-0.2, -0.15) is 0 Å². The van der Waals surface area contributed by atoms with E-state index in [1.54, 1.807) is 7.11 Å². The number of aromatic nitrogens is 1. The smallest absolute Gasteiger partial charge is 0.162 e. The molecule has 2 heterocycles. The number of hydrogen-bond donors (Lipinski definition) is 1. The summed E-state index contributed by atoms with van der Waals surface area (Å²) in [5.41, 5.74) is 1.00. The minimum Gasteiger partial charge on any atom is -0.377 e. The monoisotopic (exact) mass is 182 g/mol. The first-order valence-electron chi connectivity index (χ1n) is 4.58. The molecular formula is C9H14N2O2. The van der Waals surface area contributed by atoms with Crippen LogP contribution in [-0.2, 0) is 11.3 Å². The Balaban J connectivity index is 2.03. The van der Waals surface area contributed by atoms with Crippen LogP contribution < -0.4 is 5.32 Å². The van der Waals surface area contributed by atoms with Gasteiger partial charge in [-0.05, 0) is 19.4 Å². The van der Waals surface area contributed by atoms with Crippen LogP contribution in [0.4, 0.5) is 0 Å². The SMILES string of the molecule is COCc1cc(C2CCCN2)no1. The average molecular weight is 182 g/mol. The van der Waals surface area contributed by atoms with Crippen LogP contribution in [0.5, 0.6) is 0 Å². The summed E-state index contributed by atoms with van der Waals surface area (Å²) in [4.78, 5) is 0. The summed E-state index contributed by atoms with van der Waals surface area (Å²) in [6.45, 7) is 1.58. The van der Waals surface area contributed by atoms with Crippen molar-refractivity contribution in [3.8, 4) is 0 Å². The molecule has 0 aromatic carbocycles. The zero-order valence-corrected chi connectivity index (χ0v) is 7.75. The number of nitrogens with one attached hydrogen (secondary N) is 1. The molecule has 1 aliphatic heterocycles. The van der Waals surface area contributed by atoms with Gasteiger partial charge in [0.1, 0.15) is 12.3 Å². The van der Waals surface area contributed by atoms with E-state index in [2.05, 4.69) is 10.5 Å². The van der Waals surface area contributed by atoms with Crippen LogP contribution in [0.25, 0.3) is 0 Å². The van der Waals surface area contributed by atoms with Gasteiger partial charge in [0, 0.05) is 13.2 Å². The molecule has 0 amide bonds. The molecule has 1 N–H and O–H groups in total. The Bertz CT molecular complexity index is 266. The van der Waals surface area contributed by atoms with Crippen molar-refractivity contribution in [3.63, 3.8) is 0 Å². The van der Waals surface area contributed by atoms with Crippen LogP contribution in [0, 0.1) is 0 Å². The molecule has 1 aliphatic rings. The fourth-order valence-corrected chi connectivity index (χ4v) is 1.64. The van der Waals surface area contributed by atoms with Crippen molar-refractivity contribution < 1.29 is 9.26 Å². The molecule has 1 unspecified atom stereocenters. The van der Waals surface area contributed by atoms with Gasteiger partial charge in [-0.15, -0.1) is 0 Å². The normalized spacial score (nSPS) is 22.4. The van der Waals surface area contributed by atoms with E-state index >= 15 is 0 Å². The molecule has 72 valence electrons. The predicted octanol–water partition coefficient (Wildman–Crippen LogP) is 1.25. The highest BCUT2D eigenvalue weighted by molar-refractivity contribution is 5.10. The van der Waals surface area contributed by atoms with Crippen molar-refractivity contribution in [1.29, 1.82) is 0 Å². The highest BCUT2D eigenvalue weighted by Crippen LogP contribution is 2.22. The molecule has 2 rings (SSSR count). The molecule has 0 bridgehead atoms. The summed E-state index contributed by atoms with van der Waals surface area (Å²) in [5.74, 6) is 0.797. The molecule has 1 aromatic heterocycles. The van der Waals surface area contributed by atoms with E-state index in [1.807, 2.05) is 6.07 Å². The third-order valence-corrected chi connectivity index (χ3v) is 2.28. The molecule has 0 aliphatic carbocycles. The summed E-state index contributed by atoms with van der Waals surface area (Å²) >= 11 is 0. The van der Waals surface area contributed by atoms with Crippen molar-refractivity contribution in [1.82, 2.24) is 10.5 Å². The summed E-state index contributed by atoms with van der Waals surface area (Å²) < 4.78 is 10.1. The molecule has 1 atom stereocenters. The van der Waals surface area contributed by atoms with Gasteiger partial charge in [-0.3, -0.25) is 0 Å². The van der Waals surface area contributed by atoms with Crippen molar-refractivity contribution in [2.45, 2.75) is 25.5 Å². The van der Waals surface area contributed by atoms with E-state index in [-0.39, 0.29) is 0 Å². The summed E-state index contributed by atoms with van der Waals surface area (Å²) in [6.07, 6.45) is 2.37. The minimum atomic E-state index is 0.384. The van der Waals surface area contributed by atoms with E-state index in [0.29, 0.717) is 12.6 Å². The quantitative estimate of drug-likeness (QED) is 0.764. The van der Waals surface area contributed by atoms with Crippen LogP contribution in [0.3, 0.4) is 0 Å². The van der Waals surface area contributed by atoms with E-state index in [1.165, 1.54) is 6.42 Å². The number of rotatable bonds is 3. The van der Waals surface area contributed by atoms with Crippen molar-refractivity contribution >= 4 is 0 Å². The van der Waals surface area contributed by atoms with Crippen molar-refractivity contribution in [2.24, 2.45) is 0 Å². The zero-order chi connectivity index (χ0) is 9.10. The minimum absolute atomic E-state index is 0.384. The lowest BCUT2D eigenvalue weighted by molar-refractivity contribution is 0.155. The first-order valence-corrected chi connectivity index (χ1v) is 4.58. The topological polar surface area (TPSA) is 47.3 Å². The van der Waals surface area contributed by atoms with E-state index in [4.69, 9.17) is 9.26 Å². The molecule has 0 spiro atoms. The van der Waals surface area contributed by atoms with Gasteiger partial charge in [0.05, 0.1) is 6.04 Å². The lowest BCUT2D eigenvalue weighted by atomic mass is 10.1. The molecular weight excluding hydrogens is 168 g/mol. The molecule has 13 heavy (non-hydrogen) atoms. The highest BCUT2D eigenvalue weighted by atomic mass is 16.5. The Hall–Kier alpha value is -0.870. The number of ether oxygens (including phenoxy) is 1. The van der Waals surface area contributed by atoms with E-state index in [9.17, 15) is 0 Å². The third-order valence-electron chi connectivity index (χ3n) is 2.28. The van der Waals surface area contributed by atoms with Crippen LogP contribution in [-0.4, -0.2) is 18.8 Å². The van der Waals surface area contributed by atoms with Gasteiger partial charge < -0.3 is 14.6 Å². The highest BCUT2D eigenvalue weighted by Gasteiger charge is 2.19. The van der Waals surface area contributed by atoms with E-state index < -0.39 is 0 Å². The Labute approximate surface area is 77.2 Å². The fourth-order valence-electron chi connectivity index (χ4n) is 1.64. The fraction of sp³-hybridized carbons (Fsp3) is 0.667. The van der Waals surface area contributed by atoms with Crippen LogP contribution in [0.1, 0.15) is 30.3 Å². The van der Waals surface area contributed by atoms with Gasteiger partial charge >= 0.3 is 0 Å². The van der Waals surface area contributed by atoms with Crippen molar-refractivity contribution in [3.05, 3.63) is 17.5 Å². The molecule has 0 radical (unpaired) electrons. The van der Waals surface area contributed by atoms with Gasteiger partial charge in [0.2, 0.25) is 0 Å². The molecule has 1 fully saturated rings. The average Bonchev–Trinajstić information content (AvgIpc) is 2.70. The zero-order valence-electron chi connectivity index (χ0n) is 7.75. The first kappa shape index (κ1) is 8.72. The predicted molar refractivity (Wildman–Crippen MR) is 47.2 cm³/mol. The Morgan fingerprint density at radius 1 is 1.77 bits per heavy atom. The number of methoxy groups -OCH3 is 1. The van der Waals surface area contributed by atoms with Crippen LogP contribution >= 0.6 is 0 Å².